The second kappa shape index (κ2) is 5.85. The number of carbonyl (C=O) groups excluding carboxylic acids is 1. The quantitative estimate of drug-likeness (QED) is 0.797. The van der Waals surface area contributed by atoms with Gasteiger partial charge in [0.1, 0.15) is 5.60 Å². The van der Waals surface area contributed by atoms with Crippen molar-refractivity contribution in [2.75, 3.05) is 39.3 Å². The van der Waals surface area contributed by atoms with Gasteiger partial charge in [-0.3, -0.25) is 4.99 Å². The first-order chi connectivity index (χ1) is 10.8. The third-order valence-electron chi connectivity index (χ3n) is 4.77. The van der Waals surface area contributed by atoms with E-state index in [0.717, 1.165) is 31.9 Å². The summed E-state index contributed by atoms with van der Waals surface area (Å²) in [4.78, 5) is 20.8. The van der Waals surface area contributed by atoms with Crippen molar-refractivity contribution in [3.63, 3.8) is 0 Å². The predicted octanol–water partition coefficient (Wildman–Crippen LogP) is 0.639. The Morgan fingerprint density at radius 2 is 2.17 bits per heavy atom. The Morgan fingerprint density at radius 3 is 2.78 bits per heavy atom. The van der Waals surface area contributed by atoms with E-state index in [-0.39, 0.29) is 24.2 Å². The van der Waals surface area contributed by atoms with Crippen molar-refractivity contribution in [3.05, 3.63) is 0 Å². The minimum atomic E-state index is -0.462. The monoisotopic (exact) mass is 324 g/mol. The Hall–Kier alpha value is -1.50. The van der Waals surface area contributed by atoms with Crippen LogP contribution in [0.1, 0.15) is 33.6 Å². The molecule has 1 atom stereocenters. The van der Waals surface area contributed by atoms with Gasteiger partial charge in [0.25, 0.3) is 0 Å². The molecule has 1 aliphatic carbocycles. The summed E-state index contributed by atoms with van der Waals surface area (Å²) in [6, 6.07) is 0.225. The van der Waals surface area contributed by atoms with Crippen molar-refractivity contribution in [2.45, 2.75) is 45.3 Å². The number of rotatable bonds is 3. The molecule has 0 aromatic rings. The number of guanidine groups is 1. The lowest BCUT2D eigenvalue weighted by atomic mass is 10.1. The molecule has 0 aromatic heterocycles. The molecule has 1 amide bonds. The van der Waals surface area contributed by atoms with Gasteiger partial charge < -0.3 is 25.0 Å². The van der Waals surface area contributed by atoms with Gasteiger partial charge in [-0.15, -0.1) is 0 Å². The van der Waals surface area contributed by atoms with Crippen molar-refractivity contribution in [1.29, 1.82) is 0 Å². The third-order valence-corrected chi connectivity index (χ3v) is 4.77. The molecule has 2 heterocycles. The third kappa shape index (κ3) is 3.71. The number of piperazine rings is 1. The van der Waals surface area contributed by atoms with Crippen molar-refractivity contribution in [2.24, 2.45) is 10.4 Å². The molecule has 2 aliphatic heterocycles. The van der Waals surface area contributed by atoms with E-state index in [2.05, 4.69) is 15.2 Å². The van der Waals surface area contributed by atoms with Crippen molar-refractivity contribution >= 4 is 12.1 Å². The van der Waals surface area contributed by atoms with Crippen molar-refractivity contribution in [3.8, 4) is 0 Å². The fourth-order valence-corrected chi connectivity index (χ4v) is 3.06. The predicted molar refractivity (Wildman–Crippen MR) is 87.4 cm³/mol. The topological polar surface area (TPSA) is 77.4 Å². The number of nitrogens with one attached hydrogen (secondary N) is 1. The first-order valence-corrected chi connectivity index (χ1v) is 8.46. The maximum atomic E-state index is 12.2. The van der Waals surface area contributed by atoms with Gasteiger partial charge in [0.05, 0.1) is 19.2 Å². The van der Waals surface area contributed by atoms with Crippen LogP contribution in [0.15, 0.2) is 4.99 Å². The molecule has 2 N–H and O–H groups in total. The Bertz CT molecular complexity index is 496. The number of hydrogen-bond acceptors (Lipinski definition) is 6. The molecule has 3 rings (SSSR count). The lowest BCUT2D eigenvalue weighted by Crippen LogP contribution is -2.58. The van der Waals surface area contributed by atoms with Gasteiger partial charge in [0, 0.05) is 31.6 Å². The lowest BCUT2D eigenvalue weighted by molar-refractivity contribution is 0.0137. The molecule has 0 aromatic carbocycles. The van der Waals surface area contributed by atoms with E-state index >= 15 is 0 Å². The molecule has 130 valence electrons. The van der Waals surface area contributed by atoms with Crippen LogP contribution in [0.5, 0.6) is 0 Å². The molecular weight excluding hydrogens is 296 g/mol. The first kappa shape index (κ1) is 16.4. The van der Waals surface area contributed by atoms with Gasteiger partial charge in [0.2, 0.25) is 0 Å². The Kier molecular flexibility index (Phi) is 4.16. The number of nitrogens with zero attached hydrogens (tertiary/aromatic N) is 3. The molecule has 3 aliphatic rings. The molecule has 7 nitrogen and oxygen atoms in total. The SMILES string of the molecule is CC(C)(C)OC(=O)N1CCN2C(NCC3(CO)CC3)=NCC2C1. The van der Waals surface area contributed by atoms with Crippen LogP contribution in [0.25, 0.3) is 0 Å². The molecule has 23 heavy (non-hydrogen) atoms. The zero-order valence-corrected chi connectivity index (χ0v) is 14.3. The van der Waals surface area contributed by atoms with Crippen LogP contribution >= 0.6 is 0 Å². The summed E-state index contributed by atoms with van der Waals surface area (Å²) in [7, 11) is 0. The summed E-state index contributed by atoms with van der Waals surface area (Å²) >= 11 is 0. The average Bonchev–Trinajstić information content (AvgIpc) is 3.16. The second-order valence-electron chi connectivity index (χ2n) is 7.95. The summed E-state index contributed by atoms with van der Waals surface area (Å²) in [6.45, 7) is 9.44. The highest BCUT2D eigenvalue weighted by Gasteiger charge is 2.43. The molecule has 0 bridgehead atoms. The maximum absolute atomic E-state index is 12.2. The molecule has 1 unspecified atom stereocenters. The van der Waals surface area contributed by atoms with E-state index in [1.807, 2.05) is 20.8 Å². The minimum Gasteiger partial charge on any atom is -0.444 e. The smallest absolute Gasteiger partial charge is 0.410 e. The van der Waals surface area contributed by atoms with Gasteiger partial charge in [-0.05, 0) is 33.6 Å². The number of carbonyl (C=O) groups is 1. The van der Waals surface area contributed by atoms with Crippen LogP contribution in [0, 0.1) is 5.41 Å². The van der Waals surface area contributed by atoms with E-state index in [4.69, 9.17) is 4.74 Å². The van der Waals surface area contributed by atoms with E-state index in [9.17, 15) is 9.90 Å². The number of aliphatic hydroxyl groups is 1. The second-order valence-corrected chi connectivity index (χ2v) is 7.95. The van der Waals surface area contributed by atoms with Crippen LogP contribution in [0.3, 0.4) is 0 Å². The molecule has 0 radical (unpaired) electrons. The molecule has 0 spiro atoms. The van der Waals surface area contributed by atoms with E-state index < -0.39 is 5.60 Å². The molecular formula is C16H28N4O3. The van der Waals surface area contributed by atoms with Crippen LogP contribution in [-0.4, -0.2) is 77.9 Å². The molecule has 1 saturated carbocycles. The highest BCUT2D eigenvalue weighted by atomic mass is 16.6. The van der Waals surface area contributed by atoms with E-state index in [1.165, 1.54) is 0 Å². The van der Waals surface area contributed by atoms with Gasteiger partial charge in [-0.2, -0.15) is 0 Å². The molecule has 2 fully saturated rings. The summed E-state index contributed by atoms with van der Waals surface area (Å²) in [6.07, 6.45) is 1.93. The summed E-state index contributed by atoms with van der Waals surface area (Å²) in [5, 5.41) is 12.8. The van der Waals surface area contributed by atoms with Crippen LogP contribution in [-0.2, 0) is 4.74 Å². The van der Waals surface area contributed by atoms with Gasteiger partial charge >= 0.3 is 6.09 Å². The summed E-state index contributed by atoms with van der Waals surface area (Å²) in [5.74, 6) is 0.915. The Labute approximate surface area is 137 Å². The normalized spacial score (nSPS) is 25.7. The number of fused-ring (bicyclic) bond motifs is 1. The van der Waals surface area contributed by atoms with Gasteiger partial charge in [-0.25, -0.2) is 4.79 Å². The van der Waals surface area contributed by atoms with Gasteiger partial charge in [-0.1, -0.05) is 0 Å². The standard InChI is InChI=1S/C16H28N4O3/c1-15(2,3)23-14(22)19-6-7-20-12(9-19)8-17-13(20)18-10-16(11-21)4-5-16/h12,21H,4-11H2,1-3H3,(H,17,18). The van der Waals surface area contributed by atoms with E-state index in [1.54, 1.807) is 4.90 Å². The highest BCUT2D eigenvalue weighted by Crippen LogP contribution is 2.44. The fourth-order valence-electron chi connectivity index (χ4n) is 3.06. The summed E-state index contributed by atoms with van der Waals surface area (Å²) < 4.78 is 5.46. The number of ether oxygens (including phenoxy) is 1. The number of amides is 1. The fraction of sp³-hybridized carbons (Fsp3) is 0.875. The molecule has 1 saturated heterocycles. The number of aliphatic hydroxyl groups excluding tert-OH is 1. The summed E-state index contributed by atoms with van der Waals surface area (Å²) in [5.41, 5.74) is -0.394. The Balaban J connectivity index is 1.50. The number of hydrogen-bond donors (Lipinski definition) is 2. The van der Waals surface area contributed by atoms with Crippen LogP contribution < -0.4 is 5.32 Å². The van der Waals surface area contributed by atoms with Crippen molar-refractivity contribution in [1.82, 2.24) is 15.1 Å². The number of aliphatic imine (C=N–C) groups is 1. The zero-order valence-electron chi connectivity index (χ0n) is 14.3. The van der Waals surface area contributed by atoms with Gasteiger partial charge in [0.15, 0.2) is 5.96 Å². The molecule has 7 heteroatoms. The zero-order chi connectivity index (χ0) is 16.7. The lowest BCUT2D eigenvalue weighted by Gasteiger charge is -2.39. The first-order valence-electron chi connectivity index (χ1n) is 8.46. The van der Waals surface area contributed by atoms with E-state index in [0.29, 0.717) is 19.6 Å². The van der Waals surface area contributed by atoms with Crippen LogP contribution in [0.2, 0.25) is 0 Å². The minimum absolute atomic E-state index is 0.0684. The highest BCUT2D eigenvalue weighted by molar-refractivity contribution is 5.82. The van der Waals surface area contributed by atoms with Crippen molar-refractivity contribution < 1.29 is 14.6 Å². The Morgan fingerprint density at radius 1 is 1.43 bits per heavy atom. The average molecular weight is 324 g/mol. The largest absolute Gasteiger partial charge is 0.444 e. The maximum Gasteiger partial charge on any atom is 0.410 e. The van der Waals surface area contributed by atoms with Crippen LogP contribution in [0.4, 0.5) is 4.79 Å².